The molecular weight excluding hydrogens is 476 g/mol. The van der Waals surface area contributed by atoms with Crippen LogP contribution >= 0.6 is 15.9 Å². The molecule has 176 valence electrons. The highest BCUT2D eigenvalue weighted by atomic mass is 79.9. The van der Waals surface area contributed by atoms with E-state index in [1.807, 2.05) is 6.08 Å². The lowest BCUT2D eigenvalue weighted by Crippen LogP contribution is -2.47. The number of carbonyl (C=O) groups excluding carboxylic acids is 1. The molecule has 7 heteroatoms. The van der Waals surface area contributed by atoms with Gasteiger partial charge in [-0.2, -0.15) is 0 Å². The zero-order chi connectivity index (χ0) is 24.0. The molecule has 0 aliphatic heterocycles. The topological polar surface area (TPSA) is 44.8 Å². The quantitative estimate of drug-likeness (QED) is 0.160. The summed E-state index contributed by atoms with van der Waals surface area (Å²) in [5.74, 6) is -0.317. The van der Waals surface area contributed by atoms with Gasteiger partial charge in [0.05, 0.1) is 18.8 Å². The molecular formula is C23H45BrO4Si2. The van der Waals surface area contributed by atoms with Gasteiger partial charge in [0, 0.05) is 17.0 Å². The molecule has 0 aromatic carbocycles. The van der Waals surface area contributed by atoms with Crippen molar-refractivity contribution < 1.29 is 18.4 Å². The second kappa shape index (κ2) is 11.6. The zero-order valence-corrected chi connectivity index (χ0v) is 24.7. The van der Waals surface area contributed by atoms with Crippen molar-refractivity contribution in [3.05, 3.63) is 23.2 Å². The zero-order valence-electron chi connectivity index (χ0n) is 21.1. The number of esters is 1. The Morgan fingerprint density at radius 1 is 1.00 bits per heavy atom. The van der Waals surface area contributed by atoms with E-state index in [1.165, 1.54) is 6.08 Å². The smallest absolute Gasteiger partial charge is 0.330 e. The van der Waals surface area contributed by atoms with Crippen LogP contribution in [0, 0.1) is 0 Å². The third kappa shape index (κ3) is 9.94. The van der Waals surface area contributed by atoms with Crippen LogP contribution in [0.2, 0.25) is 36.3 Å². The minimum atomic E-state index is -2.00. The molecule has 0 aliphatic rings. The molecule has 0 saturated heterocycles. The molecule has 0 amide bonds. The first-order valence-electron chi connectivity index (χ1n) is 10.9. The molecule has 0 bridgehead atoms. The molecule has 0 rings (SSSR count). The summed E-state index contributed by atoms with van der Waals surface area (Å²) in [6, 6.07) is 0. The largest absolute Gasteiger partial charge is 0.463 e. The molecule has 30 heavy (non-hydrogen) atoms. The maximum Gasteiger partial charge on any atom is 0.330 e. The molecule has 4 nitrogen and oxygen atoms in total. The molecule has 0 saturated carbocycles. The van der Waals surface area contributed by atoms with E-state index in [4.69, 9.17) is 13.6 Å². The number of hydrogen-bond donors (Lipinski definition) is 0. The lowest BCUT2D eigenvalue weighted by molar-refractivity contribution is -0.137. The van der Waals surface area contributed by atoms with Crippen LogP contribution in [0.1, 0.15) is 61.3 Å². The summed E-state index contributed by atoms with van der Waals surface area (Å²) in [5, 5.41) is 0.199. The van der Waals surface area contributed by atoms with Crippen molar-refractivity contribution in [1.29, 1.82) is 0 Å². The number of hydrogen-bond acceptors (Lipinski definition) is 4. The molecule has 2 atom stereocenters. The van der Waals surface area contributed by atoms with Gasteiger partial charge in [-0.25, -0.2) is 4.79 Å². The Bertz CT molecular complexity index is 601. The maximum absolute atomic E-state index is 11.7. The Morgan fingerprint density at radius 2 is 1.47 bits per heavy atom. The molecule has 0 unspecified atom stereocenters. The number of halogens is 1. The van der Waals surface area contributed by atoms with E-state index in [9.17, 15) is 4.79 Å². The van der Waals surface area contributed by atoms with Crippen LogP contribution in [-0.2, 0) is 18.4 Å². The maximum atomic E-state index is 11.7. The Morgan fingerprint density at radius 3 is 1.87 bits per heavy atom. The molecule has 0 fully saturated rings. The molecule has 0 spiro atoms. The van der Waals surface area contributed by atoms with Crippen LogP contribution in [0.3, 0.4) is 0 Å². The highest BCUT2D eigenvalue weighted by Crippen LogP contribution is 2.41. The Balaban J connectivity index is 5.63. The van der Waals surface area contributed by atoms with E-state index in [0.29, 0.717) is 19.4 Å². The van der Waals surface area contributed by atoms with Gasteiger partial charge in [-0.1, -0.05) is 70.1 Å². The van der Waals surface area contributed by atoms with Crippen LogP contribution in [0.15, 0.2) is 23.2 Å². The number of carbonyl (C=O) groups is 1. The van der Waals surface area contributed by atoms with Crippen LogP contribution in [0.25, 0.3) is 0 Å². The van der Waals surface area contributed by atoms with Gasteiger partial charge >= 0.3 is 5.97 Å². The molecule has 0 aliphatic carbocycles. The Labute approximate surface area is 196 Å². The summed E-state index contributed by atoms with van der Waals surface area (Å²) in [7, 11) is -3.98. The van der Waals surface area contributed by atoms with Crippen molar-refractivity contribution in [3.8, 4) is 0 Å². The molecule has 0 N–H and O–H groups in total. The number of ether oxygens (including phenoxy) is 1. The predicted molar refractivity (Wildman–Crippen MR) is 137 cm³/mol. The van der Waals surface area contributed by atoms with Gasteiger partial charge in [-0.15, -0.1) is 0 Å². The predicted octanol–water partition coefficient (Wildman–Crippen LogP) is 7.58. The standard InChI is InChI=1S/C23H45BrO4Si2/c1-13-26-21(25)16-14-15-19(27-29(9,10)22(3,4)5)17-20(18(2)24)28-30(11,12)23(6,7)8/h14,16,19-20H,2,13,15,17H2,1,3-12H3/b16-14+/t19-,20+/m1/s1. The fourth-order valence-corrected chi connectivity index (χ4v) is 5.44. The second-order valence-corrected chi connectivity index (χ2v) is 21.5. The van der Waals surface area contributed by atoms with Crippen molar-refractivity contribution in [3.63, 3.8) is 0 Å². The second-order valence-electron chi connectivity index (χ2n) is 10.9. The third-order valence-corrected chi connectivity index (χ3v) is 15.8. The SMILES string of the molecule is C=C(Br)[C@H](C[C@@H](C/C=C/C(=O)OCC)O[Si](C)(C)C(C)(C)C)O[Si](C)(C)C(C)(C)C. The number of rotatable bonds is 11. The van der Waals surface area contributed by atoms with Crippen LogP contribution in [-0.4, -0.2) is 41.4 Å². The third-order valence-electron chi connectivity index (χ3n) is 6.28. The van der Waals surface area contributed by atoms with Crippen molar-refractivity contribution in [2.24, 2.45) is 0 Å². The minimum absolute atomic E-state index is 0.0689. The van der Waals surface area contributed by atoms with Gasteiger partial charge in [0.15, 0.2) is 16.6 Å². The van der Waals surface area contributed by atoms with E-state index in [0.717, 1.165) is 4.48 Å². The molecule has 0 heterocycles. The minimum Gasteiger partial charge on any atom is -0.463 e. The van der Waals surface area contributed by atoms with Crippen molar-refractivity contribution in [2.45, 2.75) is 110 Å². The summed E-state index contributed by atoms with van der Waals surface area (Å²) in [6.07, 6.45) is 4.46. The highest BCUT2D eigenvalue weighted by molar-refractivity contribution is 9.11. The van der Waals surface area contributed by atoms with Crippen LogP contribution in [0.4, 0.5) is 0 Å². The van der Waals surface area contributed by atoms with Gasteiger partial charge in [0.2, 0.25) is 0 Å². The van der Waals surface area contributed by atoms with Crippen molar-refractivity contribution >= 4 is 38.5 Å². The lowest BCUT2D eigenvalue weighted by atomic mass is 10.1. The lowest BCUT2D eigenvalue weighted by Gasteiger charge is -2.42. The molecule has 0 aromatic rings. The Kier molecular flexibility index (Phi) is 11.5. The van der Waals surface area contributed by atoms with E-state index in [-0.39, 0.29) is 28.3 Å². The summed E-state index contributed by atoms with van der Waals surface area (Å²) in [5.41, 5.74) is 0. The first-order chi connectivity index (χ1) is 13.3. The van der Waals surface area contributed by atoms with E-state index >= 15 is 0 Å². The average Bonchev–Trinajstić information content (AvgIpc) is 2.51. The summed E-state index contributed by atoms with van der Waals surface area (Å²) >= 11 is 3.59. The summed E-state index contributed by atoms with van der Waals surface area (Å²) in [6.45, 7) is 28.7. The fourth-order valence-electron chi connectivity index (χ4n) is 2.30. The van der Waals surface area contributed by atoms with Gasteiger partial charge in [-0.05, 0) is 49.6 Å². The monoisotopic (exact) mass is 520 g/mol. The van der Waals surface area contributed by atoms with E-state index in [1.54, 1.807) is 6.92 Å². The fraction of sp³-hybridized carbons (Fsp3) is 0.783. The van der Waals surface area contributed by atoms with Gasteiger partial charge < -0.3 is 13.6 Å². The highest BCUT2D eigenvalue weighted by Gasteiger charge is 2.42. The van der Waals surface area contributed by atoms with E-state index in [2.05, 4.69) is 90.2 Å². The van der Waals surface area contributed by atoms with Crippen molar-refractivity contribution in [2.75, 3.05) is 6.61 Å². The van der Waals surface area contributed by atoms with Gasteiger partial charge in [0.25, 0.3) is 0 Å². The summed E-state index contributed by atoms with van der Waals surface area (Å²) in [4.78, 5) is 11.7. The first-order valence-corrected chi connectivity index (χ1v) is 17.5. The molecule has 0 radical (unpaired) electrons. The Hall–Kier alpha value is -0.216. The average molecular weight is 522 g/mol. The van der Waals surface area contributed by atoms with E-state index < -0.39 is 16.6 Å². The van der Waals surface area contributed by atoms with Crippen LogP contribution < -0.4 is 0 Å². The van der Waals surface area contributed by atoms with Gasteiger partial charge in [-0.3, -0.25) is 0 Å². The first kappa shape index (κ1) is 29.8. The summed E-state index contributed by atoms with van der Waals surface area (Å²) < 4.78 is 19.2. The molecule has 0 aromatic heterocycles. The van der Waals surface area contributed by atoms with Crippen molar-refractivity contribution in [1.82, 2.24) is 0 Å². The normalized spacial score (nSPS) is 15.9. The van der Waals surface area contributed by atoms with Crippen LogP contribution in [0.5, 0.6) is 0 Å². The van der Waals surface area contributed by atoms with Gasteiger partial charge in [0.1, 0.15) is 0 Å².